The number of nitrogens with zero attached hydrogens (tertiary/aromatic N) is 3. The second kappa shape index (κ2) is 9.51. The van der Waals surface area contributed by atoms with E-state index in [-0.39, 0.29) is 16.6 Å². The summed E-state index contributed by atoms with van der Waals surface area (Å²) in [6, 6.07) is 0. The predicted molar refractivity (Wildman–Crippen MR) is 103 cm³/mol. The molecule has 7 heteroatoms. The van der Waals surface area contributed by atoms with Gasteiger partial charge in [-0.2, -0.15) is 0 Å². The number of anilines is 1. The van der Waals surface area contributed by atoms with Gasteiger partial charge in [0.15, 0.2) is 5.69 Å². The zero-order chi connectivity index (χ0) is 18.4. The van der Waals surface area contributed by atoms with Gasteiger partial charge in [-0.25, -0.2) is 9.97 Å². The number of rotatable bonds is 6. The lowest BCUT2D eigenvalue weighted by molar-refractivity contribution is -0.00295. The van der Waals surface area contributed by atoms with Crippen LogP contribution >= 0.6 is 11.6 Å². The van der Waals surface area contributed by atoms with Crippen molar-refractivity contribution in [3.63, 3.8) is 0 Å². The quantitative estimate of drug-likeness (QED) is 0.765. The molecule has 0 aromatic carbocycles. The summed E-state index contributed by atoms with van der Waals surface area (Å²) in [7, 11) is 0. The molecule has 1 amide bonds. The topological polar surface area (TPSA) is 67.3 Å². The summed E-state index contributed by atoms with van der Waals surface area (Å²) >= 11 is 6.15. The lowest BCUT2D eigenvalue weighted by atomic mass is 9.88. The van der Waals surface area contributed by atoms with Crippen LogP contribution in [-0.4, -0.2) is 48.2 Å². The number of hydrogen-bond donors (Lipinski definition) is 1. The fourth-order valence-corrected chi connectivity index (χ4v) is 3.93. The molecule has 2 heterocycles. The van der Waals surface area contributed by atoms with E-state index in [2.05, 4.69) is 27.1 Å². The third kappa shape index (κ3) is 5.07. The van der Waals surface area contributed by atoms with Gasteiger partial charge in [0.05, 0.1) is 23.9 Å². The molecule has 2 aliphatic rings. The lowest BCUT2D eigenvalue weighted by Gasteiger charge is -2.28. The number of halogens is 1. The van der Waals surface area contributed by atoms with Crippen LogP contribution in [0.1, 0.15) is 62.4 Å². The molecule has 0 radical (unpaired) electrons. The molecular formula is C19H29ClN4O2. The van der Waals surface area contributed by atoms with Crippen LogP contribution < -0.4 is 10.2 Å². The maximum Gasteiger partial charge on any atom is 0.271 e. The Morgan fingerprint density at radius 1 is 1.27 bits per heavy atom. The van der Waals surface area contributed by atoms with Crippen molar-refractivity contribution >= 4 is 23.5 Å². The van der Waals surface area contributed by atoms with E-state index in [1.54, 1.807) is 0 Å². The zero-order valence-electron chi connectivity index (χ0n) is 15.5. The number of aromatic nitrogens is 2. The second-order valence-corrected chi connectivity index (χ2v) is 7.75. The Morgan fingerprint density at radius 3 is 2.81 bits per heavy atom. The number of piperidine rings is 1. The molecule has 1 aromatic rings. The zero-order valence-corrected chi connectivity index (χ0v) is 16.3. The number of ether oxygens (including phenoxy) is 1. The highest BCUT2D eigenvalue weighted by Crippen LogP contribution is 2.26. The van der Waals surface area contributed by atoms with Crippen LogP contribution in [0.2, 0.25) is 5.02 Å². The summed E-state index contributed by atoms with van der Waals surface area (Å²) in [5.41, 5.74) is 0.244. The maximum atomic E-state index is 12.5. The van der Waals surface area contributed by atoms with E-state index in [4.69, 9.17) is 16.3 Å². The van der Waals surface area contributed by atoms with E-state index in [1.807, 2.05) is 0 Å². The number of amides is 1. The Hall–Kier alpha value is -1.40. The largest absolute Gasteiger partial charge is 0.376 e. The molecule has 1 N–H and O–H groups in total. The minimum atomic E-state index is -0.268. The Bertz CT molecular complexity index is 607. The maximum absolute atomic E-state index is 12.5. The van der Waals surface area contributed by atoms with E-state index >= 15 is 0 Å². The van der Waals surface area contributed by atoms with Crippen molar-refractivity contribution in [3.05, 3.63) is 16.9 Å². The first kappa shape index (κ1) is 19.4. The van der Waals surface area contributed by atoms with Gasteiger partial charge in [-0.1, -0.05) is 31.4 Å². The second-order valence-electron chi connectivity index (χ2n) is 7.34. The van der Waals surface area contributed by atoms with E-state index in [9.17, 15) is 4.79 Å². The molecule has 2 fully saturated rings. The molecule has 6 nitrogen and oxygen atoms in total. The lowest BCUT2D eigenvalue weighted by Crippen LogP contribution is -2.34. The first-order valence-electron chi connectivity index (χ1n) is 9.82. The van der Waals surface area contributed by atoms with Crippen molar-refractivity contribution in [1.29, 1.82) is 0 Å². The average Bonchev–Trinajstić information content (AvgIpc) is 2.67. The molecule has 2 atom stereocenters. The Labute approximate surface area is 160 Å². The summed E-state index contributed by atoms with van der Waals surface area (Å²) in [5.74, 6) is 0.922. The van der Waals surface area contributed by atoms with E-state index in [0.29, 0.717) is 31.1 Å². The fourth-order valence-electron chi connectivity index (χ4n) is 3.75. The Balaban J connectivity index is 1.50. The van der Waals surface area contributed by atoms with Crippen LogP contribution in [0, 0.1) is 5.92 Å². The van der Waals surface area contributed by atoms with Crippen LogP contribution in [-0.2, 0) is 4.74 Å². The van der Waals surface area contributed by atoms with Gasteiger partial charge in [0.2, 0.25) is 5.95 Å². The third-order valence-corrected chi connectivity index (χ3v) is 5.61. The van der Waals surface area contributed by atoms with Gasteiger partial charge < -0.3 is 15.0 Å². The average molecular weight is 381 g/mol. The molecule has 1 saturated heterocycles. The van der Waals surface area contributed by atoms with Crippen molar-refractivity contribution in [2.45, 2.75) is 58.0 Å². The third-order valence-electron chi connectivity index (χ3n) is 5.34. The molecule has 1 aromatic heterocycles. The normalized spacial score (nSPS) is 23.7. The van der Waals surface area contributed by atoms with Gasteiger partial charge in [0.1, 0.15) is 0 Å². The number of carbonyl (C=O) groups excluding carboxylic acids is 1. The van der Waals surface area contributed by atoms with Crippen LogP contribution in [0.15, 0.2) is 6.20 Å². The van der Waals surface area contributed by atoms with Crippen LogP contribution in [0.5, 0.6) is 0 Å². The Kier molecular flexibility index (Phi) is 7.08. The summed E-state index contributed by atoms with van der Waals surface area (Å²) < 4.78 is 5.94. The SMILES string of the molecule is C[C@H]1CCCC[C@@H]1OCCNC(=O)c1nc(N2CCCCC2)ncc1Cl. The summed E-state index contributed by atoms with van der Waals surface area (Å²) in [5, 5.41) is 3.15. The minimum Gasteiger partial charge on any atom is -0.376 e. The standard InChI is InChI=1S/C19H29ClN4O2/c1-14-7-3-4-8-16(14)26-12-9-21-18(25)17-15(20)13-22-19(23-17)24-10-5-2-6-11-24/h13-14,16H,2-12H2,1H3,(H,21,25)/t14-,16-/m0/s1. The molecule has 1 aliphatic carbocycles. The van der Waals surface area contributed by atoms with Gasteiger partial charge in [-0.3, -0.25) is 4.79 Å². The van der Waals surface area contributed by atoms with Crippen molar-refractivity contribution in [2.24, 2.45) is 5.92 Å². The highest BCUT2D eigenvalue weighted by atomic mass is 35.5. The van der Waals surface area contributed by atoms with E-state index in [0.717, 1.165) is 32.4 Å². The van der Waals surface area contributed by atoms with Crippen LogP contribution in [0.25, 0.3) is 0 Å². The monoisotopic (exact) mass is 380 g/mol. The van der Waals surface area contributed by atoms with Gasteiger partial charge in [-0.15, -0.1) is 0 Å². The van der Waals surface area contributed by atoms with Gasteiger partial charge in [0.25, 0.3) is 5.91 Å². The molecular weight excluding hydrogens is 352 g/mol. The van der Waals surface area contributed by atoms with Crippen molar-refractivity contribution in [3.8, 4) is 0 Å². The molecule has 0 unspecified atom stereocenters. The van der Waals surface area contributed by atoms with E-state index in [1.165, 1.54) is 31.9 Å². The number of carbonyl (C=O) groups is 1. The summed E-state index contributed by atoms with van der Waals surface area (Å²) in [6.07, 6.45) is 10.2. The van der Waals surface area contributed by atoms with Crippen LogP contribution in [0.4, 0.5) is 5.95 Å². The molecule has 3 rings (SSSR count). The molecule has 1 aliphatic heterocycles. The minimum absolute atomic E-state index is 0.244. The Morgan fingerprint density at radius 2 is 2.04 bits per heavy atom. The molecule has 26 heavy (non-hydrogen) atoms. The van der Waals surface area contributed by atoms with Crippen molar-refractivity contribution in [1.82, 2.24) is 15.3 Å². The molecule has 0 bridgehead atoms. The number of nitrogens with one attached hydrogen (secondary N) is 1. The summed E-state index contributed by atoms with van der Waals surface area (Å²) in [4.78, 5) is 23.3. The molecule has 0 spiro atoms. The highest BCUT2D eigenvalue weighted by molar-refractivity contribution is 6.33. The van der Waals surface area contributed by atoms with Gasteiger partial charge in [0, 0.05) is 19.6 Å². The van der Waals surface area contributed by atoms with Gasteiger partial charge in [-0.05, 0) is 38.0 Å². The molecule has 1 saturated carbocycles. The summed E-state index contributed by atoms with van der Waals surface area (Å²) in [6.45, 7) is 5.07. The molecule has 144 valence electrons. The van der Waals surface area contributed by atoms with Crippen molar-refractivity contribution in [2.75, 3.05) is 31.1 Å². The smallest absolute Gasteiger partial charge is 0.271 e. The predicted octanol–water partition coefficient (Wildman–Crippen LogP) is 3.45. The van der Waals surface area contributed by atoms with Crippen LogP contribution in [0.3, 0.4) is 0 Å². The fraction of sp³-hybridized carbons (Fsp3) is 0.737. The highest BCUT2D eigenvalue weighted by Gasteiger charge is 2.22. The first-order valence-corrected chi connectivity index (χ1v) is 10.2. The van der Waals surface area contributed by atoms with Crippen molar-refractivity contribution < 1.29 is 9.53 Å². The van der Waals surface area contributed by atoms with E-state index < -0.39 is 0 Å². The first-order chi connectivity index (χ1) is 12.6. The number of hydrogen-bond acceptors (Lipinski definition) is 5. The van der Waals surface area contributed by atoms with Gasteiger partial charge >= 0.3 is 0 Å².